The molecule has 2 aliphatic heterocycles. The molecule has 1 aliphatic carbocycles. The summed E-state index contributed by atoms with van der Waals surface area (Å²) in [6.45, 7) is 2.28. The van der Waals surface area contributed by atoms with E-state index in [-0.39, 0.29) is 10.9 Å². The average molecular weight is 481 g/mol. The molecule has 0 bridgehead atoms. The second-order valence-electron chi connectivity index (χ2n) is 7.73. The molecule has 6 rings (SSSR count). The smallest absolute Gasteiger partial charge is 0.0764 e. The van der Waals surface area contributed by atoms with Crippen molar-refractivity contribution in [1.82, 2.24) is 0 Å². The monoisotopic (exact) mass is 480 g/mol. The highest BCUT2D eigenvalue weighted by Crippen LogP contribution is 2.58. The van der Waals surface area contributed by atoms with Gasteiger partial charge in [0.15, 0.2) is 0 Å². The van der Waals surface area contributed by atoms with Gasteiger partial charge in [-0.05, 0) is 80.1 Å². The highest BCUT2D eigenvalue weighted by molar-refractivity contribution is 9.10. The lowest BCUT2D eigenvalue weighted by atomic mass is 9.96. The van der Waals surface area contributed by atoms with Gasteiger partial charge < -0.3 is 0 Å². The molecule has 2 aromatic carbocycles. The summed E-state index contributed by atoms with van der Waals surface area (Å²) in [6.07, 6.45) is 7.45. The van der Waals surface area contributed by atoms with E-state index < -0.39 is 0 Å². The number of benzene rings is 2. The molecule has 5 heteroatoms. The molecule has 1 atom stereocenters. The Hall–Kier alpha value is -1.82. The maximum Gasteiger partial charge on any atom is 0.0764 e. The van der Waals surface area contributed by atoms with Gasteiger partial charge in [0.05, 0.1) is 26.8 Å². The van der Waals surface area contributed by atoms with Crippen molar-refractivity contribution in [2.45, 2.75) is 32.6 Å². The molecule has 0 amide bonds. The average Bonchev–Trinajstić information content (AvgIpc) is 3.38. The summed E-state index contributed by atoms with van der Waals surface area (Å²) in [4.78, 5) is 4.64. The van der Waals surface area contributed by atoms with E-state index in [1.165, 1.54) is 58.1 Å². The van der Waals surface area contributed by atoms with E-state index >= 15 is 0 Å². The van der Waals surface area contributed by atoms with Gasteiger partial charge in [-0.25, -0.2) is 0 Å². The minimum atomic E-state index is -0.160. The van der Waals surface area contributed by atoms with Gasteiger partial charge in [0, 0.05) is 26.4 Å². The second-order valence-corrected chi connectivity index (χ2v) is 11.4. The standard InChI is InChI=1S/C24H21BrN2S2/c1-16-15-26(18-7-3-2-4-8-18)29-24(16)23-22(20-9-5-6-10-21(20)28-23)27(29)19-13-11-17(25)12-14-19/h2-4,7-8,11-15H,5-6,9-10H2,1H3. The van der Waals surface area contributed by atoms with Crippen LogP contribution in [0.15, 0.2) is 70.8 Å². The van der Waals surface area contributed by atoms with E-state index in [9.17, 15) is 0 Å². The highest BCUT2D eigenvalue weighted by atomic mass is 79.9. The van der Waals surface area contributed by atoms with E-state index in [0.717, 1.165) is 4.47 Å². The molecule has 1 unspecified atom stereocenters. The van der Waals surface area contributed by atoms with Crippen LogP contribution < -0.4 is 8.61 Å². The van der Waals surface area contributed by atoms with Gasteiger partial charge in [-0.2, -0.15) is 0 Å². The van der Waals surface area contributed by atoms with Crippen LogP contribution in [0.5, 0.6) is 0 Å². The predicted molar refractivity (Wildman–Crippen MR) is 132 cm³/mol. The summed E-state index contributed by atoms with van der Waals surface area (Å²) < 4.78 is 6.23. The molecule has 0 fully saturated rings. The lowest BCUT2D eigenvalue weighted by Gasteiger charge is -2.32. The first-order valence-electron chi connectivity index (χ1n) is 10.1. The molecule has 0 saturated heterocycles. The minimum Gasteiger partial charge on any atom is -0.280 e. The Morgan fingerprint density at radius 1 is 0.931 bits per heavy atom. The first-order chi connectivity index (χ1) is 14.2. The van der Waals surface area contributed by atoms with Crippen molar-refractivity contribution in [2.24, 2.45) is 0 Å². The zero-order chi connectivity index (χ0) is 19.5. The van der Waals surface area contributed by atoms with Crippen LogP contribution in [0, 0.1) is 0 Å². The number of thiophene rings is 1. The van der Waals surface area contributed by atoms with Gasteiger partial charge in [-0.15, -0.1) is 11.3 Å². The number of fused-ring (bicyclic) bond motifs is 4. The third-order valence-corrected chi connectivity index (χ3v) is 10.1. The number of rotatable bonds is 2. The fourth-order valence-corrected chi connectivity index (χ4v) is 9.01. The number of para-hydroxylation sites is 1. The van der Waals surface area contributed by atoms with Crippen molar-refractivity contribution in [3.63, 3.8) is 0 Å². The first-order valence-corrected chi connectivity index (χ1v) is 12.8. The normalized spacial score (nSPS) is 19.9. The topological polar surface area (TPSA) is 6.48 Å². The highest BCUT2D eigenvalue weighted by Gasteiger charge is 2.41. The molecule has 29 heavy (non-hydrogen) atoms. The number of halogens is 1. The molecule has 0 saturated carbocycles. The van der Waals surface area contributed by atoms with E-state index in [2.05, 4.69) is 104 Å². The summed E-state index contributed by atoms with van der Waals surface area (Å²) >= 11 is 5.67. The molecule has 146 valence electrons. The summed E-state index contributed by atoms with van der Waals surface area (Å²) in [5.74, 6) is 0. The minimum absolute atomic E-state index is 0.160. The molecule has 3 aromatic rings. The van der Waals surface area contributed by atoms with Crippen molar-refractivity contribution in [2.75, 3.05) is 8.61 Å². The number of allylic oxidation sites excluding steroid dienone is 1. The number of hydrogen-bond acceptors (Lipinski definition) is 3. The molecule has 3 aliphatic rings. The SMILES string of the molecule is CC1=CN(c2ccccc2)S2=C1c1sc3c(c1N2c1ccc(Br)cc1)CCCC3. The number of anilines is 3. The van der Waals surface area contributed by atoms with E-state index in [1.807, 2.05) is 0 Å². The van der Waals surface area contributed by atoms with Crippen LogP contribution in [0.25, 0.3) is 0 Å². The number of nitrogens with zero attached hydrogens (tertiary/aromatic N) is 2. The zero-order valence-corrected chi connectivity index (χ0v) is 19.4. The van der Waals surface area contributed by atoms with Crippen LogP contribution in [0.3, 0.4) is 0 Å². The van der Waals surface area contributed by atoms with E-state index in [4.69, 9.17) is 0 Å². The summed E-state index contributed by atoms with van der Waals surface area (Å²) in [5.41, 5.74) is 7.03. The van der Waals surface area contributed by atoms with Gasteiger partial charge in [0.25, 0.3) is 0 Å². The Morgan fingerprint density at radius 2 is 1.69 bits per heavy atom. The van der Waals surface area contributed by atoms with Crippen molar-refractivity contribution in [1.29, 1.82) is 0 Å². The van der Waals surface area contributed by atoms with E-state index in [0.29, 0.717) is 0 Å². The molecule has 0 radical (unpaired) electrons. The molecule has 0 N–H and O–H groups in total. The fraction of sp³-hybridized carbons (Fsp3) is 0.208. The lowest BCUT2D eigenvalue weighted by molar-refractivity contribution is 0.697. The van der Waals surface area contributed by atoms with Gasteiger partial charge in [-0.3, -0.25) is 8.61 Å². The van der Waals surface area contributed by atoms with Gasteiger partial charge in [-0.1, -0.05) is 34.1 Å². The quantitative estimate of drug-likeness (QED) is 0.348. The Kier molecular flexibility index (Phi) is 4.26. The fourth-order valence-electron chi connectivity index (χ4n) is 4.53. The molecule has 0 spiro atoms. The van der Waals surface area contributed by atoms with Crippen LogP contribution in [-0.2, 0) is 12.8 Å². The van der Waals surface area contributed by atoms with Crippen LogP contribution in [0.1, 0.15) is 35.1 Å². The maximum atomic E-state index is 3.61. The lowest BCUT2D eigenvalue weighted by Crippen LogP contribution is -2.19. The van der Waals surface area contributed by atoms with Gasteiger partial charge >= 0.3 is 0 Å². The second kappa shape index (κ2) is 6.86. The van der Waals surface area contributed by atoms with E-state index in [1.54, 1.807) is 10.4 Å². The third kappa shape index (κ3) is 2.71. The Balaban J connectivity index is 1.60. The van der Waals surface area contributed by atoms with Crippen LogP contribution >= 0.6 is 38.1 Å². The number of aryl methyl sites for hydroxylation is 1. The van der Waals surface area contributed by atoms with Crippen molar-refractivity contribution >= 4 is 60.0 Å². The molecule has 2 nitrogen and oxygen atoms in total. The van der Waals surface area contributed by atoms with Crippen LogP contribution in [0.2, 0.25) is 0 Å². The molecule has 1 aromatic heterocycles. The summed E-state index contributed by atoms with van der Waals surface area (Å²) in [5, 5.41) is 0. The Morgan fingerprint density at radius 3 is 2.48 bits per heavy atom. The Bertz CT molecular complexity index is 1180. The van der Waals surface area contributed by atoms with Crippen molar-refractivity contribution in [3.8, 4) is 0 Å². The largest absolute Gasteiger partial charge is 0.280 e. The Labute approximate surface area is 186 Å². The maximum absolute atomic E-state index is 3.61. The van der Waals surface area contributed by atoms with Crippen LogP contribution in [0.4, 0.5) is 17.1 Å². The summed E-state index contributed by atoms with van der Waals surface area (Å²) in [7, 11) is -0.160. The van der Waals surface area contributed by atoms with Gasteiger partial charge in [0.2, 0.25) is 0 Å². The molecule has 3 heterocycles. The van der Waals surface area contributed by atoms with Gasteiger partial charge in [0.1, 0.15) is 0 Å². The number of hydrogen-bond donors (Lipinski definition) is 0. The van der Waals surface area contributed by atoms with Crippen molar-refractivity contribution < 1.29 is 0 Å². The third-order valence-electron chi connectivity index (χ3n) is 5.84. The van der Waals surface area contributed by atoms with Crippen LogP contribution in [-0.4, -0.2) is 4.86 Å². The van der Waals surface area contributed by atoms with Crippen molar-refractivity contribution in [3.05, 3.63) is 86.2 Å². The predicted octanol–water partition coefficient (Wildman–Crippen LogP) is 7.58. The molecular weight excluding hydrogens is 460 g/mol. The summed E-state index contributed by atoms with van der Waals surface area (Å²) in [6, 6.07) is 19.7. The zero-order valence-electron chi connectivity index (χ0n) is 16.2. The first kappa shape index (κ1) is 18.0. The molecular formula is C24H21BrN2S2.